The van der Waals surface area contributed by atoms with Crippen LogP contribution in [0.4, 0.5) is 5.82 Å². The first-order valence-corrected chi connectivity index (χ1v) is 5.64. The summed E-state index contributed by atoms with van der Waals surface area (Å²) in [6, 6.07) is 0. The van der Waals surface area contributed by atoms with E-state index in [1.807, 2.05) is 0 Å². The van der Waals surface area contributed by atoms with Crippen molar-refractivity contribution in [3.63, 3.8) is 0 Å². The first kappa shape index (κ1) is 9.91. The monoisotopic (exact) mass is 201 g/mol. The maximum atomic E-state index is 11.2. The normalized spacial score (nSPS) is 11.2. The molecule has 0 radical (unpaired) electrons. The molecule has 0 fully saturated rings. The summed E-state index contributed by atoms with van der Waals surface area (Å²) in [5.41, 5.74) is 0. The topological polar surface area (TPSA) is 63.2 Å². The maximum Gasteiger partial charge on any atom is 0.233 e. The fourth-order valence-electron chi connectivity index (χ4n) is 0.986. The Morgan fingerprint density at radius 3 is 2.54 bits per heavy atom. The molecule has 0 unspecified atom stereocenters. The van der Waals surface area contributed by atoms with Crippen LogP contribution in [0.1, 0.15) is 6.92 Å². The van der Waals surface area contributed by atoms with Crippen molar-refractivity contribution in [3.8, 4) is 0 Å². The molecule has 0 aliphatic rings. The van der Waals surface area contributed by atoms with Gasteiger partial charge >= 0.3 is 0 Å². The summed E-state index contributed by atoms with van der Waals surface area (Å²) in [4.78, 5) is 7.70. The molecule has 0 amide bonds. The van der Waals surface area contributed by atoms with Gasteiger partial charge < -0.3 is 0 Å². The van der Waals surface area contributed by atoms with Gasteiger partial charge in [0, 0.05) is 18.9 Å². The van der Waals surface area contributed by atoms with Crippen LogP contribution in [0.15, 0.2) is 18.6 Å². The van der Waals surface area contributed by atoms with Gasteiger partial charge in [-0.25, -0.2) is 13.4 Å². The summed E-state index contributed by atoms with van der Waals surface area (Å²) in [6.07, 6.45) is 5.53. The molecule has 6 heteroatoms. The van der Waals surface area contributed by atoms with Gasteiger partial charge in [0.05, 0.1) is 12.5 Å². The smallest absolute Gasteiger partial charge is 0.233 e. The highest BCUT2D eigenvalue weighted by molar-refractivity contribution is 7.92. The Kier molecular flexibility index (Phi) is 2.82. The number of aromatic nitrogens is 2. The largest absolute Gasteiger partial charge is 0.259 e. The van der Waals surface area contributed by atoms with Crippen LogP contribution in [0.2, 0.25) is 0 Å². The van der Waals surface area contributed by atoms with Crippen LogP contribution < -0.4 is 4.31 Å². The van der Waals surface area contributed by atoms with E-state index in [1.165, 1.54) is 22.9 Å². The van der Waals surface area contributed by atoms with E-state index in [0.717, 1.165) is 6.26 Å². The molecule has 0 saturated carbocycles. The van der Waals surface area contributed by atoms with Crippen LogP contribution in [-0.2, 0) is 10.0 Å². The van der Waals surface area contributed by atoms with Gasteiger partial charge in [0.2, 0.25) is 10.0 Å². The molecule has 1 heterocycles. The van der Waals surface area contributed by atoms with Gasteiger partial charge in [-0.05, 0) is 6.92 Å². The second kappa shape index (κ2) is 3.69. The minimum Gasteiger partial charge on any atom is -0.259 e. The van der Waals surface area contributed by atoms with Crippen molar-refractivity contribution in [2.75, 3.05) is 17.1 Å². The van der Waals surface area contributed by atoms with Crippen LogP contribution in [-0.4, -0.2) is 31.2 Å². The quantitative estimate of drug-likeness (QED) is 0.703. The number of nitrogens with zero attached hydrogens (tertiary/aromatic N) is 3. The van der Waals surface area contributed by atoms with Crippen molar-refractivity contribution in [1.29, 1.82) is 0 Å². The molecule has 0 aliphatic carbocycles. The fraction of sp³-hybridized carbons (Fsp3) is 0.429. The predicted octanol–water partition coefficient (Wildman–Crippen LogP) is 0.262. The van der Waals surface area contributed by atoms with E-state index in [-0.39, 0.29) is 0 Å². The fourth-order valence-corrected chi connectivity index (χ4v) is 1.89. The molecule has 0 aromatic carbocycles. The molecule has 1 rings (SSSR count). The number of sulfonamides is 1. The zero-order chi connectivity index (χ0) is 9.90. The van der Waals surface area contributed by atoms with Gasteiger partial charge in [0.25, 0.3) is 0 Å². The average Bonchev–Trinajstić information content (AvgIpc) is 2.05. The van der Waals surface area contributed by atoms with E-state index in [4.69, 9.17) is 0 Å². The summed E-state index contributed by atoms with van der Waals surface area (Å²) in [7, 11) is -3.24. The molecule has 0 N–H and O–H groups in total. The Morgan fingerprint density at radius 2 is 2.15 bits per heavy atom. The number of hydrogen-bond donors (Lipinski definition) is 0. The zero-order valence-corrected chi connectivity index (χ0v) is 8.32. The first-order valence-electron chi connectivity index (χ1n) is 3.79. The third-order valence-corrected chi connectivity index (χ3v) is 2.74. The van der Waals surface area contributed by atoms with Gasteiger partial charge in [0.15, 0.2) is 5.82 Å². The van der Waals surface area contributed by atoms with Crippen molar-refractivity contribution < 1.29 is 8.42 Å². The molecular formula is C7H11N3O2S. The van der Waals surface area contributed by atoms with Crippen LogP contribution in [0.3, 0.4) is 0 Å². The highest BCUT2D eigenvalue weighted by atomic mass is 32.2. The average molecular weight is 201 g/mol. The molecule has 0 spiro atoms. The first-order chi connectivity index (χ1) is 6.05. The van der Waals surface area contributed by atoms with Crippen molar-refractivity contribution in [2.24, 2.45) is 0 Å². The third-order valence-electron chi connectivity index (χ3n) is 1.49. The Balaban J connectivity index is 3.06. The SMILES string of the molecule is CCN(c1cnccn1)S(C)(=O)=O. The molecule has 13 heavy (non-hydrogen) atoms. The van der Waals surface area contributed by atoms with E-state index >= 15 is 0 Å². The van der Waals surface area contributed by atoms with Gasteiger partial charge in [0.1, 0.15) is 0 Å². The molecule has 0 atom stereocenters. The van der Waals surface area contributed by atoms with Crippen molar-refractivity contribution in [3.05, 3.63) is 18.6 Å². The Bertz CT molecular complexity index is 363. The summed E-state index contributed by atoms with van der Waals surface area (Å²) < 4.78 is 23.6. The minimum atomic E-state index is -3.24. The second-order valence-corrected chi connectivity index (χ2v) is 4.40. The van der Waals surface area contributed by atoms with Crippen LogP contribution in [0.5, 0.6) is 0 Å². The zero-order valence-electron chi connectivity index (χ0n) is 7.51. The summed E-state index contributed by atoms with van der Waals surface area (Å²) in [5, 5.41) is 0. The van der Waals surface area contributed by atoms with Gasteiger partial charge in [-0.2, -0.15) is 0 Å². The lowest BCUT2D eigenvalue weighted by Gasteiger charge is -2.17. The number of rotatable bonds is 3. The lowest BCUT2D eigenvalue weighted by atomic mass is 10.6. The molecule has 0 aliphatic heterocycles. The molecule has 0 saturated heterocycles. The van der Waals surface area contributed by atoms with Crippen molar-refractivity contribution in [2.45, 2.75) is 6.92 Å². The van der Waals surface area contributed by atoms with Crippen molar-refractivity contribution >= 4 is 15.8 Å². The second-order valence-electron chi connectivity index (χ2n) is 2.49. The highest BCUT2D eigenvalue weighted by Crippen LogP contribution is 2.10. The van der Waals surface area contributed by atoms with E-state index < -0.39 is 10.0 Å². The maximum absolute atomic E-state index is 11.2. The summed E-state index contributed by atoms with van der Waals surface area (Å²) in [6.45, 7) is 2.10. The van der Waals surface area contributed by atoms with Crippen LogP contribution in [0.25, 0.3) is 0 Å². The molecule has 72 valence electrons. The Hall–Kier alpha value is -1.17. The lowest BCUT2D eigenvalue weighted by Crippen LogP contribution is -2.30. The van der Waals surface area contributed by atoms with Gasteiger partial charge in [-0.1, -0.05) is 0 Å². The molecule has 0 bridgehead atoms. The molecule has 1 aromatic rings. The Labute approximate surface area is 77.5 Å². The molecule has 5 nitrogen and oxygen atoms in total. The third kappa shape index (κ3) is 2.38. The Morgan fingerprint density at radius 1 is 1.46 bits per heavy atom. The van der Waals surface area contributed by atoms with Crippen molar-refractivity contribution in [1.82, 2.24) is 9.97 Å². The summed E-state index contributed by atoms with van der Waals surface area (Å²) in [5.74, 6) is 0.354. The number of anilines is 1. The van der Waals surface area contributed by atoms with E-state index in [0.29, 0.717) is 12.4 Å². The van der Waals surface area contributed by atoms with E-state index in [2.05, 4.69) is 9.97 Å². The predicted molar refractivity (Wildman–Crippen MR) is 49.9 cm³/mol. The van der Waals surface area contributed by atoms with Crippen LogP contribution >= 0.6 is 0 Å². The highest BCUT2D eigenvalue weighted by Gasteiger charge is 2.15. The molecular weight excluding hydrogens is 190 g/mol. The molecule has 1 aromatic heterocycles. The van der Waals surface area contributed by atoms with Gasteiger partial charge in [-0.15, -0.1) is 0 Å². The minimum absolute atomic E-state index is 0.354. The van der Waals surface area contributed by atoms with E-state index in [9.17, 15) is 8.42 Å². The number of hydrogen-bond acceptors (Lipinski definition) is 4. The summed E-state index contributed by atoms with van der Waals surface area (Å²) >= 11 is 0. The van der Waals surface area contributed by atoms with Gasteiger partial charge in [-0.3, -0.25) is 9.29 Å². The van der Waals surface area contributed by atoms with Crippen LogP contribution in [0, 0.1) is 0 Å². The van der Waals surface area contributed by atoms with E-state index in [1.54, 1.807) is 6.92 Å². The lowest BCUT2D eigenvalue weighted by molar-refractivity contribution is 0.597. The standard InChI is InChI=1S/C7H11N3O2S/c1-3-10(13(2,11)12)7-6-8-4-5-9-7/h4-6H,3H2,1-2H3.